The largest absolute Gasteiger partial charge is 0.344 e. The lowest BCUT2D eigenvalue weighted by molar-refractivity contribution is 1.18. The number of hydrogen-bond acceptors (Lipinski definition) is 1. The summed E-state index contributed by atoms with van der Waals surface area (Å²) in [5, 5.41) is 0.854. The third kappa shape index (κ3) is 2.90. The molecule has 88 valence electrons. The second kappa shape index (κ2) is 5.69. The van der Waals surface area contributed by atoms with Crippen LogP contribution in [0.15, 0.2) is 53.0 Å². The van der Waals surface area contributed by atoms with Crippen molar-refractivity contribution in [1.29, 1.82) is 0 Å². The van der Waals surface area contributed by atoms with Crippen LogP contribution in [0.1, 0.15) is 5.56 Å². The lowest BCUT2D eigenvalue weighted by Crippen LogP contribution is -2.11. The Hall–Kier alpha value is -0.800. The van der Waals surface area contributed by atoms with Gasteiger partial charge in [0.1, 0.15) is 0 Å². The number of halogens is 2. The van der Waals surface area contributed by atoms with Crippen molar-refractivity contribution in [2.75, 3.05) is 11.9 Å². The van der Waals surface area contributed by atoms with Gasteiger partial charge >= 0.3 is 0 Å². The second-order valence-electron chi connectivity index (χ2n) is 3.80. The molecule has 0 N–H and O–H groups in total. The zero-order valence-corrected chi connectivity index (χ0v) is 12.7. The van der Waals surface area contributed by atoms with Gasteiger partial charge in [-0.05, 0) is 29.8 Å². The highest BCUT2D eigenvalue weighted by Gasteiger charge is 2.08. The van der Waals surface area contributed by atoms with Crippen LogP contribution in [0.25, 0.3) is 0 Å². The zero-order chi connectivity index (χ0) is 12.3. The lowest BCUT2D eigenvalue weighted by atomic mass is 10.1. The highest BCUT2D eigenvalue weighted by molar-refractivity contribution is 9.10. The van der Waals surface area contributed by atoms with E-state index in [1.165, 1.54) is 16.9 Å². The second-order valence-corrected chi connectivity index (χ2v) is 5.28. The van der Waals surface area contributed by atoms with Crippen LogP contribution >= 0.6 is 31.9 Å². The summed E-state index contributed by atoms with van der Waals surface area (Å²) in [6, 6.07) is 16.7. The van der Waals surface area contributed by atoms with Gasteiger partial charge in [0.05, 0.1) is 0 Å². The molecule has 0 atom stereocenters. The molecular weight excluding hydrogens is 342 g/mol. The quantitative estimate of drug-likeness (QED) is 0.692. The molecule has 0 aliphatic heterocycles. The minimum atomic E-state index is 0.854. The Labute approximate surface area is 119 Å². The number of anilines is 2. The molecule has 1 nitrogen and oxygen atoms in total. The normalized spacial score (nSPS) is 10.3. The molecular formula is C14H13Br2N. The molecule has 0 radical (unpaired) electrons. The Morgan fingerprint density at radius 1 is 1.06 bits per heavy atom. The molecule has 0 bridgehead atoms. The first kappa shape index (κ1) is 12.7. The molecule has 0 aliphatic rings. The molecule has 2 rings (SSSR count). The van der Waals surface area contributed by atoms with E-state index in [1.807, 2.05) is 6.07 Å². The lowest BCUT2D eigenvalue weighted by Gasteiger charge is -2.22. The maximum atomic E-state index is 3.53. The van der Waals surface area contributed by atoms with Gasteiger partial charge in [-0.25, -0.2) is 0 Å². The van der Waals surface area contributed by atoms with Crippen molar-refractivity contribution in [3.8, 4) is 0 Å². The van der Waals surface area contributed by atoms with Crippen molar-refractivity contribution in [2.24, 2.45) is 0 Å². The van der Waals surface area contributed by atoms with Crippen LogP contribution in [0, 0.1) is 0 Å². The van der Waals surface area contributed by atoms with Gasteiger partial charge in [-0.2, -0.15) is 0 Å². The molecule has 0 heterocycles. The molecule has 2 aromatic carbocycles. The first-order chi connectivity index (χ1) is 8.22. The van der Waals surface area contributed by atoms with Gasteiger partial charge in [0, 0.05) is 28.2 Å². The van der Waals surface area contributed by atoms with E-state index >= 15 is 0 Å². The summed E-state index contributed by atoms with van der Waals surface area (Å²) in [6.07, 6.45) is 0. The summed E-state index contributed by atoms with van der Waals surface area (Å²) in [7, 11) is 2.09. The van der Waals surface area contributed by atoms with Crippen LogP contribution in [0.2, 0.25) is 0 Å². The van der Waals surface area contributed by atoms with Gasteiger partial charge in [0.15, 0.2) is 0 Å². The van der Waals surface area contributed by atoms with E-state index in [2.05, 4.69) is 86.3 Å². The van der Waals surface area contributed by atoms with Crippen LogP contribution < -0.4 is 4.90 Å². The number of rotatable bonds is 3. The molecule has 0 aliphatic carbocycles. The molecule has 0 saturated carbocycles. The van der Waals surface area contributed by atoms with Crippen molar-refractivity contribution in [3.05, 3.63) is 58.6 Å². The summed E-state index contributed by atoms with van der Waals surface area (Å²) < 4.78 is 1.10. The third-order valence-corrected chi connectivity index (χ3v) is 3.79. The van der Waals surface area contributed by atoms with Gasteiger partial charge in [-0.15, -0.1) is 0 Å². The maximum Gasteiger partial charge on any atom is 0.0460 e. The van der Waals surface area contributed by atoms with Gasteiger partial charge < -0.3 is 4.90 Å². The van der Waals surface area contributed by atoms with Gasteiger partial charge in [0.25, 0.3) is 0 Å². The van der Waals surface area contributed by atoms with Crippen LogP contribution in [0.4, 0.5) is 11.4 Å². The van der Waals surface area contributed by atoms with E-state index in [0.717, 1.165) is 9.80 Å². The fourth-order valence-electron chi connectivity index (χ4n) is 1.75. The number of benzene rings is 2. The number of hydrogen-bond donors (Lipinski definition) is 0. The predicted molar refractivity (Wildman–Crippen MR) is 81.3 cm³/mol. The number of alkyl halides is 1. The minimum absolute atomic E-state index is 0.854. The van der Waals surface area contributed by atoms with E-state index < -0.39 is 0 Å². The van der Waals surface area contributed by atoms with Gasteiger partial charge in [0.2, 0.25) is 0 Å². The predicted octanol–water partition coefficient (Wildman–Crippen LogP) is 5.11. The Kier molecular flexibility index (Phi) is 4.24. The highest BCUT2D eigenvalue weighted by atomic mass is 79.9. The monoisotopic (exact) mass is 353 g/mol. The minimum Gasteiger partial charge on any atom is -0.344 e. The molecule has 0 aromatic heterocycles. The average molecular weight is 355 g/mol. The molecule has 17 heavy (non-hydrogen) atoms. The van der Waals surface area contributed by atoms with Crippen LogP contribution in [-0.4, -0.2) is 7.05 Å². The smallest absolute Gasteiger partial charge is 0.0460 e. The fourth-order valence-corrected chi connectivity index (χ4v) is 2.58. The van der Waals surface area contributed by atoms with Crippen molar-refractivity contribution in [1.82, 2.24) is 0 Å². The maximum absolute atomic E-state index is 3.53. The van der Waals surface area contributed by atoms with Crippen molar-refractivity contribution < 1.29 is 0 Å². The standard InChI is InChI=1S/C14H13Br2N/c1-17(13-5-3-2-4-6-13)14-9-12(16)8-7-11(14)10-15/h2-9H,10H2,1H3. The van der Waals surface area contributed by atoms with Crippen LogP contribution in [0.5, 0.6) is 0 Å². The van der Waals surface area contributed by atoms with Crippen molar-refractivity contribution in [2.45, 2.75) is 5.33 Å². The molecule has 0 spiro atoms. The number of para-hydroxylation sites is 1. The third-order valence-electron chi connectivity index (χ3n) is 2.70. The average Bonchev–Trinajstić information content (AvgIpc) is 2.39. The van der Waals surface area contributed by atoms with E-state index in [-0.39, 0.29) is 0 Å². The number of nitrogens with zero attached hydrogens (tertiary/aromatic N) is 1. The van der Waals surface area contributed by atoms with Crippen molar-refractivity contribution >= 4 is 43.2 Å². The zero-order valence-electron chi connectivity index (χ0n) is 9.53. The van der Waals surface area contributed by atoms with Crippen LogP contribution in [-0.2, 0) is 5.33 Å². The molecule has 0 saturated heterocycles. The summed E-state index contributed by atoms with van der Waals surface area (Å²) in [4.78, 5) is 2.20. The Morgan fingerprint density at radius 3 is 2.41 bits per heavy atom. The topological polar surface area (TPSA) is 3.24 Å². The van der Waals surface area contributed by atoms with E-state index in [9.17, 15) is 0 Å². The summed E-state index contributed by atoms with van der Waals surface area (Å²) in [5.74, 6) is 0. The van der Waals surface area contributed by atoms with E-state index in [4.69, 9.17) is 0 Å². The first-order valence-corrected chi connectivity index (χ1v) is 7.27. The summed E-state index contributed by atoms with van der Waals surface area (Å²) in [5.41, 5.74) is 3.68. The molecule has 3 heteroatoms. The van der Waals surface area contributed by atoms with E-state index in [0.29, 0.717) is 0 Å². The SMILES string of the molecule is CN(c1ccccc1)c1cc(Br)ccc1CBr. The Bertz CT molecular complexity index is 497. The summed E-state index contributed by atoms with van der Waals surface area (Å²) in [6.45, 7) is 0. The summed E-state index contributed by atoms with van der Waals surface area (Å²) >= 11 is 7.06. The Balaban J connectivity index is 2.43. The van der Waals surface area contributed by atoms with Crippen molar-refractivity contribution in [3.63, 3.8) is 0 Å². The molecule has 0 fully saturated rings. The first-order valence-electron chi connectivity index (χ1n) is 5.35. The molecule has 0 amide bonds. The Morgan fingerprint density at radius 2 is 1.76 bits per heavy atom. The molecule has 2 aromatic rings. The van der Waals surface area contributed by atoms with Gasteiger partial charge in [-0.1, -0.05) is 56.1 Å². The highest BCUT2D eigenvalue weighted by Crippen LogP contribution is 2.30. The molecule has 0 unspecified atom stereocenters. The van der Waals surface area contributed by atoms with Gasteiger partial charge in [-0.3, -0.25) is 0 Å². The van der Waals surface area contributed by atoms with E-state index in [1.54, 1.807) is 0 Å². The van der Waals surface area contributed by atoms with Crippen LogP contribution in [0.3, 0.4) is 0 Å². The fraction of sp³-hybridized carbons (Fsp3) is 0.143.